The molecule has 2 heterocycles. The number of hydrogen-bond acceptors (Lipinski definition) is 3. The third-order valence-corrected chi connectivity index (χ3v) is 4.72. The number of pyridine rings is 1. The zero-order valence-electron chi connectivity index (χ0n) is 16.2. The summed E-state index contributed by atoms with van der Waals surface area (Å²) in [6.45, 7) is 0.264. The molecular weight excluding hydrogens is 405 g/mol. The van der Waals surface area contributed by atoms with Gasteiger partial charge in [-0.25, -0.2) is 5.43 Å². The van der Waals surface area contributed by atoms with Gasteiger partial charge in [-0.15, -0.1) is 0 Å². The number of fused-ring (bicyclic) bond motifs is 1. The van der Waals surface area contributed by atoms with Crippen molar-refractivity contribution in [2.24, 2.45) is 5.10 Å². The Labute approximate surface area is 175 Å². The summed E-state index contributed by atoms with van der Waals surface area (Å²) >= 11 is 0. The Balaban J connectivity index is 1.59. The Hall–Kier alpha value is -3.94. The maximum Gasteiger partial charge on any atom is 0.416 e. The third-order valence-electron chi connectivity index (χ3n) is 4.72. The van der Waals surface area contributed by atoms with Crippen molar-refractivity contribution < 1.29 is 18.0 Å². The van der Waals surface area contributed by atoms with Gasteiger partial charge in [0.25, 0.3) is 5.91 Å². The van der Waals surface area contributed by atoms with E-state index >= 15 is 0 Å². The largest absolute Gasteiger partial charge is 0.416 e. The smallest absolute Gasteiger partial charge is 0.342 e. The topological polar surface area (TPSA) is 59.3 Å². The lowest BCUT2D eigenvalue weighted by Crippen LogP contribution is -2.17. The number of benzene rings is 2. The summed E-state index contributed by atoms with van der Waals surface area (Å²) in [5, 5.41) is 4.89. The van der Waals surface area contributed by atoms with E-state index in [2.05, 4.69) is 15.5 Å². The van der Waals surface area contributed by atoms with E-state index in [1.54, 1.807) is 30.6 Å². The first-order chi connectivity index (χ1) is 14.9. The van der Waals surface area contributed by atoms with Gasteiger partial charge in [0, 0.05) is 41.6 Å². The van der Waals surface area contributed by atoms with Crippen molar-refractivity contribution in [1.29, 1.82) is 0 Å². The van der Waals surface area contributed by atoms with Crippen molar-refractivity contribution >= 4 is 23.0 Å². The molecule has 0 saturated carbocycles. The van der Waals surface area contributed by atoms with Gasteiger partial charge in [0.1, 0.15) is 0 Å². The molecule has 0 fully saturated rings. The summed E-state index contributed by atoms with van der Waals surface area (Å²) in [4.78, 5) is 16.0. The fourth-order valence-corrected chi connectivity index (χ4v) is 3.27. The number of halogens is 3. The second-order valence-electron chi connectivity index (χ2n) is 6.87. The fraction of sp³-hybridized carbons (Fsp3) is 0.0870. The maximum atomic E-state index is 13.0. The highest BCUT2D eigenvalue weighted by molar-refractivity contribution is 6.00. The van der Waals surface area contributed by atoms with E-state index in [1.807, 2.05) is 28.8 Å². The van der Waals surface area contributed by atoms with Crippen LogP contribution in [0.5, 0.6) is 0 Å². The normalized spacial score (nSPS) is 11.8. The average Bonchev–Trinajstić information content (AvgIpc) is 3.11. The molecule has 0 unspecified atom stereocenters. The Kier molecular flexibility index (Phi) is 5.53. The molecule has 156 valence electrons. The lowest BCUT2D eigenvalue weighted by molar-refractivity contribution is -0.137. The van der Waals surface area contributed by atoms with Crippen molar-refractivity contribution in [3.05, 3.63) is 102 Å². The van der Waals surface area contributed by atoms with Gasteiger partial charge in [-0.2, -0.15) is 18.3 Å². The quantitative estimate of drug-likeness (QED) is 0.369. The number of aromatic nitrogens is 2. The molecule has 0 atom stereocenters. The van der Waals surface area contributed by atoms with Gasteiger partial charge in [-0.05, 0) is 35.9 Å². The van der Waals surface area contributed by atoms with E-state index in [0.717, 1.165) is 28.6 Å². The van der Waals surface area contributed by atoms with Crippen LogP contribution >= 0.6 is 0 Å². The van der Waals surface area contributed by atoms with Gasteiger partial charge in [0.15, 0.2) is 0 Å². The molecular formula is C23H17F3N4O. The number of hydrogen-bond donors (Lipinski definition) is 1. The molecule has 0 aliphatic carbocycles. The van der Waals surface area contributed by atoms with Crippen LogP contribution in [0.25, 0.3) is 10.9 Å². The van der Waals surface area contributed by atoms with E-state index in [4.69, 9.17) is 0 Å². The fourth-order valence-electron chi connectivity index (χ4n) is 3.27. The predicted octanol–water partition coefficient (Wildman–Crippen LogP) is 4.87. The highest BCUT2D eigenvalue weighted by atomic mass is 19.4. The molecule has 0 spiro atoms. The first-order valence-corrected chi connectivity index (χ1v) is 9.39. The number of nitrogens with zero attached hydrogens (tertiary/aromatic N) is 3. The van der Waals surface area contributed by atoms with Crippen LogP contribution in [0.2, 0.25) is 0 Å². The van der Waals surface area contributed by atoms with Gasteiger partial charge in [0.2, 0.25) is 0 Å². The van der Waals surface area contributed by atoms with Crippen LogP contribution in [-0.2, 0) is 12.7 Å². The van der Waals surface area contributed by atoms with Crippen LogP contribution < -0.4 is 5.43 Å². The molecule has 0 bridgehead atoms. The summed E-state index contributed by atoms with van der Waals surface area (Å²) in [5.41, 5.74) is 4.26. The second-order valence-corrected chi connectivity index (χ2v) is 6.87. The minimum absolute atomic E-state index is 0.264. The number of alkyl halides is 3. The summed E-state index contributed by atoms with van der Waals surface area (Å²) in [6, 6.07) is 16.0. The van der Waals surface area contributed by atoms with Gasteiger partial charge in [-0.1, -0.05) is 30.3 Å². The van der Waals surface area contributed by atoms with E-state index in [9.17, 15) is 18.0 Å². The van der Waals surface area contributed by atoms with Gasteiger partial charge < -0.3 is 4.57 Å². The zero-order valence-corrected chi connectivity index (χ0v) is 16.2. The van der Waals surface area contributed by atoms with Gasteiger partial charge in [-0.3, -0.25) is 9.78 Å². The molecule has 2 aromatic carbocycles. The Bertz CT molecular complexity index is 1250. The molecule has 1 amide bonds. The maximum absolute atomic E-state index is 13.0. The molecule has 8 heteroatoms. The minimum Gasteiger partial charge on any atom is -0.342 e. The molecule has 2 aromatic heterocycles. The lowest BCUT2D eigenvalue weighted by atomic mass is 10.1. The zero-order chi connectivity index (χ0) is 21.8. The number of hydrazone groups is 1. The standard InChI is InChI=1S/C23H17F3N4O/c24-23(25,26)19-7-3-5-16(11-19)14-30-15-18(20-8-1-2-9-21(20)30)13-28-29-22(31)17-6-4-10-27-12-17/h1-13,15H,14H2,(H,29,31). The first kappa shape index (κ1) is 20.3. The highest BCUT2D eigenvalue weighted by Crippen LogP contribution is 2.30. The molecule has 0 radical (unpaired) electrons. The van der Waals surface area contributed by atoms with Crippen molar-refractivity contribution in [3.8, 4) is 0 Å². The van der Waals surface area contributed by atoms with E-state index in [0.29, 0.717) is 11.1 Å². The average molecular weight is 422 g/mol. The Morgan fingerprint density at radius 1 is 1.10 bits per heavy atom. The summed E-state index contributed by atoms with van der Waals surface area (Å²) in [7, 11) is 0. The number of carbonyl (C=O) groups is 1. The van der Waals surface area contributed by atoms with E-state index in [1.165, 1.54) is 18.5 Å². The van der Waals surface area contributed by atoms with Crippen LogP contribution in [0.1, 0.15) is 27.0 Å². The van der Waals surface area contributed by atoms with Gasteiger partial charge >= 0.3 is 6.18 Å². The van der Waals surface area contributed by atoms with E-state index in [-0.39, 0.29) is 6.54 Å². The van der Waals surface area contributed by atoms with Gasteiger partial charge in [0.05, 0.1) is 17.3 Å². The molecule has 4 aromatic rings. The minimum atomic E-state index is -4.39. The van der Waals surface area contributed by atoms with Crippen molar-refractivity contribution in [2.75, 3.05) is 0 Å². The number of para-hydroxylation sites is 1. The lowest BCUT2D eigenvalue weighted by Gasteiger charge is -2.10. The molecule has 1 N–H and O–H groups in total. The van der Waals surface area contributed by atoms with Crippen LogP contribution in [-0.4, -0.2) is 21.7 Å². The third kappa shape index (κ3) is 4.63. The molecule has 0 aliphatic rings. The molecule has 31 heavy (non-hydrogen) atoms. The number of carbonyl (C=O) groups excluding carboxylic acids is 1. The predicted molar refractivity (Wildman–Crippen MR) is 112 cm³/mol. The molecule has 5 nitrogen and oxygen atoms in total. The Morgan fingerprint density at radius 3 is 2.71 bits per heavy atom. The van der Waals surface area contributed by atoms with E-state index < -0.39 is 17.6 Å². The summed E-state index contributed by atoms with van der Waals surface area (Å²) in [6.07, 6.45) is 1.92. The number of nitrogens with one attached hydrogen (secondary N) is 1. The summed E-state index contributed by atoms with van der Waals surface area (Å²) < 4.78 is 40.9. The number of rotatable bonds is 5. The molecule has 4 rings (SSSR count). The summed E-state index contributed by atoms with van der Waals surface area (Å²) in [5.74, 6) is -0.392. The monoisotopic (exact) mass is 422 g/mol. The van der Waals surface area contributed by atoms with Crippen LogP contribution in [0.15, 0.2) is 84.4 Å². The SMILES string of the molecule is O=C(NN=Cc1cn(Cc2cccc(C(F)(F)F)c2)c2ccccc12)c1cccnc1. The Morgan fingerprint density at radius 2 is 1.94 bits per heavy atom. The van der Waals surface area contributed by atoms with Crippen LogP contribution in [0.4, 0.5) is 13.2 Å². The molecule has 0 saturated heterocycles. The van der Waals surface area contributed by atoms with Crippen LogP contribution in [0.3, 0.4) is 0 Å². The van der Waals surface area contributed by atoms with Crippen molar-refractivity contribution in [1.82, 2.24) is 15.0 Å². The molecule has 0 aliphatic heterocycles. The second kappa shape index (κ2) is 8.43. The highest BCUT2D eigenvalue weighted by Gasteiger charge is 2.30. The first-order valence-electron chi connectivity index (χ1n) is 9.39. The number of amides is 1. The van der Waals surface area contributed by atoms with Crippen molar-refractivity contribution in [2.45, 2.75) is 12.7 Å². The van der Waals surface area contributed by atoms with Crippen LogP contribution in [0, 0.1) is 0 Å². The van der Waals surface area contributed by atoms with Crippen molar-refractivity contribution in [3.63, 3.8) is 0 Å².